The second kappa shape index (κ2) is 4.90. The molecule has 1 aromatic rings. The van der Waals surface area contributed by atoms with Crippen LogP contribution in [0.25, 0.3) is 0 Å². The van der Waals surface area contributed by atoms with E-state index in [-0.39, 0.29) is 0 Å². The summed E-state index contributed by atoms with van der Waals surface area (Å²) in [6.07, 6.45) is 1.14. The SMILES string of the molecule is COC(=O)C1(c2ccc(OS(=O)(=O)C(F)(F)F)cc2)CC1. The van der Waals surface area contributed by atoms with Gasteiger partial charge < -0.3 is 8.92 Å². The minimum absolute atomic E-state index is 0.431. The van der Waals surface area contributed by atoms with Gasteiger partial charge in [-0.15, -0.1) is 0 Å². The summed E-state index contributed by atoms with van der Waals surface area (Å²) in [5.41, 5.74) is -5.72. The first-order valence-corrected chi connectivity index (χ1v) is 7.23. The van der Waals surface area contributed by atoms with Gasteiger partial charge in [-0.25, -0.2) is 0 Å². The van der Waals surface area contributed by atoms with Crippen LogP contribution in [0.2, 0.25) is 0 Å². The third-order valence-electron chi connectivity index (χ3n) is 3.22. The number of carbonyl (C=O) groups is 1. The van der Waals surface area contributed by atoms with Crippen LogP contribution in [0, 0.1) is 0 Å². The zero-order valence-corrected chi connectivity index (χ0v) is 11.6. The van der Waals surface area contributed by atoms with Crippen LogP contribution in [0.4, 0.5) is 13.2 Å². The second-order valence-electron chi connectivity index (χ2n) is 4.58. The van der Waals surface area contributed by atoms with E-state index in [1.54, 1.807) is 0 Å². The van der Waals surface area contributed by atoms with Crippen molar-refractivity contribution in [2.75, 3.05) is 7.11 Å². The fourth-order valence-electron chi connectivity index (χ4n) is 1.93. The fourth-order valence-corrected chi connectivity index (χ4v) is 2.39. The number of halogens is 3. The number of alkyl halides is 3. The Kier molecular flexibility index (Phi) is 3.64. The van der Waals surface area contributed by atoms with Crippen molar-refractivity contribution in [3.63, 3.8) is 0 Å². The van der Waals surface area contributed by atoms with E-state index >= 15 is 0 Å². The summed E-state index contributed by atoms with van der Waals surface area (Å²) in [4.78, 5) is 11.6. The lowest BCUT2D eigenvalue weighted by Crippen LogP contribution is -2.28. The third-order valence-corrected chi connectivity index (χ3v) is 4.20. The highest BCUT2D eigenvalue weighted by Gasteiger charge is 2.52. The fraction of sp³-hybridized carbons (Fsp3) is 0.417. The summed E-state index contributed by atoms with van der Waals surface area (Å²) < 4.78 is 66.9. The summed E-state index contributed by atoms with van der Waals surface area (Å²) in [6, 6.07) is 4.85. The van der Waals surface area contributed by atoms with E-state index in [0.29, 0.717) is 18.4 Å². The molecule has 0 saturated heterocycles. The van der Waals surface area contributed by atoms with Crippen LogP contribution >= 0.6 is 0 Å². The van der Waals surface area contributed by atoms with Gasteiger partial charge in [-0.1, -0.05) is 12.1 Å². The van der Waals surface area contributed by atoms with Gasteiger partial charge >= 0.3 is 21.6 Å². The monoisotopic (exact) mass is 324 g/mol. The van der Waals surface area contributed by atoms with Crippen LogP contribution in [0.15, 0.2) is 24.3 Å². The van der Waals surface area contributed by atoms with Gasteiger partial charge in [0.05, 0.1) is 12.5 Å². The molecule has 116 valence electrons. The van der Waals surface area contributed by atoms with Crippen LogP contribution < -0.4 is 4.18 Å². The molecule has 0 amide bonds. The van der Waals surface area contributed by atoms with E-state index in [0.717, 1.165) is 12.1 Å². The van der Waals surface area contributed by atoms with E-state index in [1.807, 2.05) is 0 Å². The number of carbonyl (C=O) groups excluding carboxylic acids is 1. The Labute approximate surface area is 118 Å². The maximum Gasteiger partial charge on any atom is 0.534 e. The summed E-state index contributed by atoms with van der Waals surface area (Å²) in [7, 11) is -4.45. The van der Waals surface area contributed by atoms with Gasteiger partial charge in [0.1, 0.15) is 5.75 Å². The molecule has 0 heterocycles. The smallest absolute Gasteiger partial charge is 0.468 e. The number of benzene rings is 1. The quantitative estimate of drug-likeness (QED) is 0.482. The Hall–Kier alpha value is -1.77. The van der Waals surface area contributed by atoms with Crippen molar-refractivity contribution in [2.45, 2.75) is 23.8 Å². The summed E-state index contributed by atoms with van der Waals surface area (Å²) in [6.45, 7) is 0. The molecule has 0 aromatic heterocycles. The molecule has 1 saturated carbocycles. The maximum absolute atomic E-state index is 12.2. The number of hydrogen-bond donors (Lipinski definition) is 0. The third kappa shape index (κ3) is 2.82. The summed E-state index contributed by atoms with van der Waals surface area (Å²) in [5, 5.41) is 0. The van der Waals surface area contributed by atoms with Crippen LogP contribution in [0.3, 0.4) is 0 Å². The number of methoxy groups -OCH3 is 1. The predicted molar refractivity (Wildman–Crippen MR) is 65.0 cm³/mol. The van der Waals surface area contributed by atoms with Crippen molar-refractivity contribution in [2.24, 2.45) is 0 Å². The molecule has 0 unspecified atom stereocenters. The van der Waals surface area contributed by atoms with Crippen molar-refractivity contribution in [3.05, 3.63) is 29.8 Å². The molecule has 1 aromatic carbocycles. The van der Waals surface area contributed by atoms with Crippen LogP contribution in [-0.4, -0.2) is 27.0 Å². The Balaban J connectivity index is 2.20. The average Bonchev–Trinajstić information content (AvgIpc) is 3.18. The largest absolute Gasteiger partial charge is 0.534 e. The van der Waals surface area contributed by atoms with Gasteiger partial charge in [-0.05, 0) is 30.5 Å². The zero-order valence-electron chi connectivity index (χ0n) is 10.8. The number of hydrogen-bond acceptors (Lipinski definition) is 5. The van der Waals surface area contributed by atoms with Crippen LogP contribution in [0.5, 0.6) is 5.75 Å². The molecule has 2 rings (SSSR count). The molecule has 0 bridgehead atoms. The Morgan fingerprint density at radius 3 is 2.10 bits per heavy atom. The molecular formula is C12H11F3O5S. The molecule has 0 N–H and O–H groups in total. The number of ether oxygens (including phenoxy) is 1. The van der Waals surface area contributed by atoms with Crippen molar-refractivity contribution in [1.82, 2.24) is 0 Å². The van der Waals surface area contributed by atoms with Gasteiger partial charge in [0.2, 0.25) is 0 Å². The Morgan fingerprint density at radius 2 is 1.71 bits per heavy atom. The molecule has 21 heavy (non-hydrogen) atoms. The average molecular weight is 324 g/mol. The van der Waals surface area contributed by atoms with E-state index in [4.69, 9.17) is 0 Å². The van der Waals surface area contributed by atoms with E-state index < -0.39 is 32.8 Å². The first-order chi connectivity index (χ1) is 9.62. The lowest BCUT2D eigenvalue weighted by molar-refractivity contribution is -0.143. The number of rotatable bonds is 4. The molecule has 0 aliphatic heterocycles. The first kappa shape index (κ1) is 15.6. The minimum Gasteiger partial charge on any atom is -0.468 e. The van der Waals surface area contributed by atoms with Gasteiger partial charge in [0.15, 0.2) is 0 Å². The molecular weight excluding hydrogens is 313 g/mol. The molecule has 1 fully saturated rings. The lowest BCUT2D eigenvalue weighted by atomic mass is 9.96. The van der Waals surface area contributed by atoms with E-state index in [1.165, 1.54) is 19.2 Å². The molecule has 1 aliphatic carbocycles. The van der Waals surface area contributed by atoms with Crippen LogP contribution in [0.1, 0.15) is 18.4 Å². The second-order valence-corrected chi connectivity index (χ2v) is 6.12. The van der Waals surface area contributed by atoms with Gasteiger partial charge in [0, 0.05) is 0 Å². The van der Waals surface area contributed by atoms with Crippen molar-refractivity contribution >= 4 is 16.1 Å². The highest BCUT2D eigenvalue weighted by atomic mass is 32.2. The molecule has 0 spiro atoms. The Morgan fingerprint density at radius 1 is 1.19 bits per heavy atom. The maximum atomic E-state index is 12.2. The van der Waals surface area contributed by atoms with Crippen molar-refractivity contribution in [3.8, 4) is 5.75 Å². The first-order valence-electron chi connectivity index (χ1n) is 5.82. The van der Waals surface area contributed by atoms with E-state index in [2.05, 4.69) is 8.92 Å². The predicted octanol–water partition coefficient (Wildman–Crippen LogP) is 2.12. The van der Waals surface area contributed by atoms with Gasteiger partial charge in [-0.2, -0.15) is 21.6 Å². The highest BCUT2D eigenvalue weighted by Crippen LogP contribution is 2.49. The van der Waals surface area contributed by atoms with Crippen molar-refractivity contribution < 1.29 is 35.3 Å². The molecule has 1 aliphatic rings. The lowest BCUT2D eigenvalue weighted by Gasteiger charge is -2.14. The highest BCUT2D eigenvalue weighted by molar-refractivity contribution is 7.87. The summed E-state index contributed by atoms with van der Waals surface area (Å²) >= 11 is 0. The standard InChI is InChI=1S/C12H11F3O5S/c1-19-10(16)11(6-7-11)8-2-4-9(5-3-8)20-21(17,18)12(13,14)15/h2-5H,6-7H2,1H3. The van der Waals surface area contributed by atoms with Crippen LogP contribution in [-0.2, 0) is 25.1 Å². The van der Waals surface area contributed by atoms with Gasteiger partial charge in [0.25, 0.3) is 0 Å². The molecule has 0 radical (unpaired) electrons. The summed E-state index contributed by atoms with van der Waals surface area (Å²) in [5.74, 6) is -0.907. The Bertz CT molecular complexity index is 644. The molecule has 9 heteroatoms. The number of esters is 1. The van der Waals surface area contributed by atoms with Crippen molar-refractivity contribution in [1.29, 1.82) is 0 Å². The minimum atomic E-state index is -5.70. The van der Waals surface area contributed by atoms with Gasteiger partial charge in [-0.3, -0.25) is 4.79 Å². The van der Waals surface area contributed by atoms with E-state index in [9.17, 15) is 26.4 Å². The normalized spacial score (nSPS) is 17.1. The topological polar surface area (TPSA) is 69.7 Å². The molecule has 0 atom stereocenters. The zero-order chi connectivity index (χ0) is 15.9. The molecule has 5 nitrogen and oxygen atoms in total.